The molecule has 2 bridgehead atoms. The van der Waals surface area contributed by atoms with E-state index in [-0.39, 0.29) is 42.2 Å². The molecule has 25 heavy (non-hydrogen) atoms. The van der Waals surface area contributed by atoms with E-state index in [1.165, 1.54) is 4.90 Å². The van der Waals surface area contributed by atoms with Gasteiger partial charge in [0.1, 0.15) is 6.04 Å². The van der Waals surface area contributed by atoms with Gasteiger partial charge in [-0.05, 0) is 25.7 Å². The van der Waals surface area contributed by atoms with E-state index in [1.54, 1.807) is 0 Å². The number of fused-ring (bicyclic) bond motifs is 2. The van der Waals surface area contributed by atoms with Crippen LogP contribution >= 0.6 is 0 Å². The number of piperidine rings is 1. The molecule has 3 aliphatic heterocycles. The molecule has 0 unspecified atom stereocenters. The molecule has 2 atom stereocenters. The number of hydrogen-bond acceptors (Lipinski definition) is 8. The predicted octanol–water partition coefficient (Wildman–Crippen LogP) is -4.12. The number of nitrogens with zero attached hydrogens (tertiary/aromatic N) is 2. The first-order valence-electron chi connectivity index (χ1n) is 7.63. The van der Waals surface area contributed by atoms with Crippen molar-refractivity contribution in [3.05, 3.63) is 0 Å². The molecule has 11 nitrogen and oxygen atoms in total. The Kier molecular flexibility index (Phi) is 7.07. The van der Waals surface area contributed by atoms with Crippen molar-refractivity contribution in [1.82, 2.24) is 15.4 Å². The molecule has 0 spiro atoms. The summed E-state index contributed by atoms with van der Waals surface area (Å²) in [7, 11) is -5.05. The van der Waals surface area contributed by atoms with Crippen molar-refractivity contribution >= 4 is 22.3 Å². The molecule has 3 fully saturated rings. The fourth-order valence-electron chi connectivity index (χ4n) is 3.10. The second-order valence-corrected chi connectivity index (χ2v) is 6.85. The summed E-state index contributed by atoms with van der Waals surface area (Å²) in [4.78, 5) is 31.0. The van der Waals surface area contributed by atoms with Crippen molar-refractivity contribution in [2.75, 3.05) is 19.8 Å². The molecule has 0 aliphatic carbocycles. The SMILES string of the molecule is O=C(NOC1CCOCC1)[C@@H]1CC[C@@H]2CN1C(=O)N2OS(=O)(=O)[O-].[Na+]. The fourth-order valence-corrected chi connectivity index (χ4v) is 3.49. The van der Waals surface area contributed by atoms with Gasteiger partial charge in [0.25, 0.3) is 5.91 Å². The van der Waals surface area contributed by atoms with Crippen LogP contribution in [0.1, 0.15) is 25.7 Å². The zero-order chi connectivity index (χ0) is 17.3. The molecule has 3 saturated heterocycles. The maximum absolute atomic E-state index is 12.3. The Morgan fingerprint density at radius 3 is 2.56 bits per heavy atom. The number of urea groups is 1. The fraction of sp³-hybridized carbons (Fsp3) is 0.833. The first-order chi connectivity index (χ1) is 11.3. The summed E-state index contributed by atoms with van der Waals surface area (Å²) in [6.45, 7) is 1.24. The summed E-state index contributed by atoms with van der Waals surface area (Å²) < 4.78 is 41.5. The number of amides is 3. The number of ether oxygens (including phenoxy) is 1. The molecule has 0 radical (unpaired) electrons. The molecule has 3 heterocycles. The van der Waals surface area contributed by atoms with Gasteiger partial charge in [0.2, 0.25) is 10.4 Å². The van der Waals surface area contributed by atoms with Crippen molar-refractivity contribution in [2.24, 2.45) is 0 Å². The summed E-state index contributed by atoms with van der Waals surface area (Å²) in [5, 5.41) is 0.537. The number of carbonyl (C=O) groups excluding carboxylic acids is 2. The maximum Gasteiger partial charge on any atom is 1.00 e. The van der Waals surface area contributed by atoms with Gasteiger partial charge in [0, 0.05) is 19.8 Å². The minimum atomic E-state index is -5.05. The van der Waals surface area contributed by atoms with E-state index in [9.17, 15) is 22.6 Å². The first kappa shape index (κ1) is 20.8. The molecule has 1 N–H and O–H groups in total. The number of hydrogen-bond donors (Lipinski definition) is 1. The van der Waals surface area contributed by atoms with Gasteiger partial charge in [-0.3, -0.25) is 9.63 Å². The quantitative estimate of drug-likeness (QED) is 0.217. The van der Waals surface area contributed by atoms with E-state index in [2.05, 4.69) is 9.76 Å². The van der Waals surface area contributed by atoms with E-state index in [4.69, 9.17) is 9.57 Å². The number of carbonyl (C=O) groups is 2. The number of hydroxylamine groups is 3. The Labute approximate surface area is 167 Å². The average molecular weight is 387 g/mol. The van der Waals surface area contributed by atoms with E-state index < -0.39 is 34.4 Å². The molecule has 136 valence electrons. The van der Waals surface area contributed by atoms with Crippen molar-refractivity contribution in [3.63, 3.8) is 0 Å². The second kappa shape index (κ2) is 8.48. The van der Waals surface area contributed by atoms with Gasteiger partial charge < -0.3 is 14.2 Å². The van der Waals surface area contributed by atoms with Crippen LogP contribution in [0.4, 0.5) is 4.79 Å². The minimum Gasteiger partial charge on any atom is -0.724 e. The van der Waals surface area contributed by atoms with Gasteiger partial charge >= 0.3 is 35.6 Å². The normalized spacial score (nSPS) is 27.2. The molecular formula is C12H18N3NaO8S. The van der Waals surface area contributed by atoms with Gasteiger partial charge in [-0.2, -0.15) is 9.35 Å². The summed E-state index contributed by atoms with van der Waals surface area (Å²) in [6, 6.07) is -2.18. The third-order valence-corrected chi connectivity index (χ3v) is 4.63. The van der Waals surface area contributed by atoms with Gasteiger partial charge in [-0.25, -0.2) is 18.7 Å². The zero-order valence-corrected chi connectivity index (χ0v) is 16.6. The Balaban J connectivity index is 0.00000225. The molecule has 0 saturated carbocycles. The summed E-state index contributed by atoms with van der Waals surface area (Å²) in [5.41, 5.74) is 2.36. The summed E-state index contributed by atoms with van der Waals surface area (Å²) in [6.07, 6.45) is 1.85. The third kappa shape index (κ3) is 5.04. The van der Waals surface area contributed by atoms with Crippen LogP contribution in [0.2, 0.25) is 0 Å². The average Bonchev–Trinajstić information content (AvgIpc) is 2.77. The van der Waals surface area contributed by atoms with Crippen LogP contribution in [0.5, 0.6) is 0 Å². The smallest absolute Gasteiger partial charge is 0.724 e. The summed E-state index contributed by atoms with van der Waals surface area (Å²) in [5.74, 6) is -0.486. The number of rotatable bonds is 5. The Morgan fingerprint density at radius 1 is 1.24 bits per heavy atom. The van der Waals surface area contributed by atoms with Crippen molar-refractivity contribution in [2.45, 2.75) is 43.9 Å². The standard InChI is InChI=1S/C12H19N3O8S.Na/c16-11(13-22-9-3-5-21-6-4-9)10-2-1-8-7-14(10)12(17)15(8)23-24(18,19)20;/h8-10H,1-7H2,(H,13,16)(H,18,19,20);/q;+1/p-1/t8-,10+;/m1./s1. The molecular weight excluding hydrogens is 369 g/mol. The van der Waals surface area contributed by atoms with E-state index in [0.29, 0.717) is 44.0 Å². The molecule has 0 aromatic rings. The van der Waals surface area contributed by atoms with Crippen LogP contribution in [-0.4, -0.2) is 72.8 Å². The number of nitrogens with one attached hydrogen (secondary N) is 1. The van der Waals surface area contributed by atoms with Crippen LogP contribution in [-0.2, 0) is 29.1 Å². The molecule has 3 rings (SSSR count). The maximum atomic E-state index is 12.3. The zero-order valence-electron chi connectivity index (χ0n) is 13.8. The largest absolute Gasteiger partial charge is 1.00 e. The van der Waals surface area contributed by atoms with Crippen LogP contribution < -0.4 is 35.0 Å². The first-order valence-corrected chi connectivity index (χ1v) is 8.97. The van der Waals surface area contributed by atoms with Crippen LogP contribution in [0, 0.1) is 0 Å². The summed E-state index contributed by atoms with van der Waals surface area (Å²) >= 11 is 0. The molecule has 3 aliphatic rings. The van der Waals surface area contributed by atoms with Gasteiger partial charge in [0.05, 0.1) is 12.1 Å². The Bertz CT molecular complexity index is 611. The third-order valence-electron chi connectivity index (χ3n) is 4.29. The predicted molar refractivity (Wildman–Crippen MR) is 74.6 cm³/mol. The Hall–Kier alpha value is -0.470. The van der Waals surface area contributed by atoms with E-state index >= 15 is 0 Å². The van der Waals surface area contributed by atoms with Gasteiger partial charge in [0.15, 0.2) is 0 Å². The van der Waals surface area contributed by atoms with Crippen molar-refractivity contribution < 1.29 is 66.0 Å². The monoisotopic (exact) mass is 387 g/mol. The van der Waals surface area contributed by atoms with Crippen LogP contribution in [0.15, 0.2) is 0 Å². The molecule has 3 amide bonds. The second-order valence-electron chi connectivity index (χ2n) is 5.89. The van der Waals surface area contributed by atoms with Crippen molar-refractivity contribution in [1.29, 1.82) is 0 Å². The van der Waals surface area contributed by atoms with Gasteiger partial charge in [-0.1, -0.05) is 0 Å². The van der Waals surface area contributed by atoms with E-state index in [0.717, 1.165) is 0 Å². The Morgan fingerprint density at radius 2 is 1.92 bits per heavy atom. The van der Waals surface area contributed by atoms with Crippen LogP contribution in [0.25, 0.3) is 0 Å². The minimum absolute atomic E-state index is 0. The molecule has 0 aromatic carbocycles. The van der Waals surface area contributed by atoms with E-state index in [1.807, 2.05) is 0 Å². The van der Waals surface area contributed by atoms with Gasteiger partial charge in [-0.15, -0.1) is 0 Å². The molecule has 0 aromatic heterocycles. The van der Waals surface area contributed by atoms with Crippen molar-refractivity contribution in [3.8, 4) is 0 Å². The van der Waals surface area contributed by atoms with Crippen LogP contribution in [0.3, 0.4) is 0 Å². The topological polar surface area (TPSA) is 138 Å². The molecule has 13 heteroatoms.